The van der Waals surface area contributed by atoms with Crippen molar-refractivity contribution in [3.63, 3.8) is 0 Å². The zero-order valence-electron chi connectivity index (χ0n) is 26.3. The number of carbonyl (C=O) groups is 3. The van der Waals surface area contributed by atoms with Gasteiger partial charge in [0.15, 0.2) is 5.82 Å². The molecule has 0 radical (unpaired) electrons. The molecule has 15 heteroatoms. The number of anilines is 1. The summed E-state index contributed by atoms with van der Waals surface area (Å²) < 4.78 is 35.2. The number of nitrogens with one attached hydrogen (secondary N) is 1. The third kappa shape index (κ3) is 9.00. The number of amides is 3. The first-order valence-corrected chi connectivity index (χ1v) is 17.0. The number of ether oxygens (including phenoxy) is 2. The molecule has 2 atom stereocenters. The van der Waals surface area contributed by atoms with Gasteiger partial charge in [0.05, 0.1) is 32.1 Å². The summed E-state index contributed by atoms with van der Waals surface area (Å²) in [6.07, 6.45) is 0.0280. The van der Waals surface area contributed by atoms with Crippen LogP contribution in [0.5, 0.6) is 0 Å². The van der Waals surface area contributed by atoms with E-state index < -0.39 is 31.5 Å². The Morgan fingerprint density at radius 3 is 2.22 bits per heavy atom. The molecule has 2 aliphatic heterocycles. The van der Waals surface area contributed by atoms with Gasteiger partial charge in [-0.05, 0) is 27.2 Å². The van der Waals surface area contributed by atoms with Crippen LogP contribution in [0, 0.1) is 0 Å². The molecule has 14 nitrogen and oxygen atoms in total. The molecular weight excluding hydrogens is 603 g/mol. The first kappa shape index (κ1) is 34.3. The maximum absolute atomic E-state index is 13.9. The largest absolute Gasteiger partial charge is 0.450 e. The summed E-state index contributed by atoms with van der Waals surface area (Å²) in [5.41, 5.74) is 0.771. The molecule has 1 aromatic carbocycles. The van der Waals surface area contributed by atoms with Crippen LogP contribution >= 0.6 is 7.60 Å². The molecule has 2 aromatic rings. The van der Waals surface area contributed by atoms with E-state index in [0.717, 1.165) is 12.0 Å². The number of aromatic nitrogens is 2. The molecule has 0 aliphatic carbocycles. The quantitative estimate of drug-likeness (QED) is 0.320. The lowest BCUT2D eigenvalue weighted by atomic mass is 10.2. The minimum atomic E-state index is -3.76. The molecule has 1 N–H and O–H groups in total. The molecule has 3 heterocycles. The van der Waals surface area contributed by atoms with Gasteiger partial charge in [-0.25, -0.2) is 14.8 Å². The predicted octanol–water partition coefficient (Wildman–Crippen LogP) is 3.03. The average Bonchev–Trinajstić information content (AvgIpc) is 3.54. The fourth-order valence-electron chi connectivity index (χ4n) is 5.28. The molecule has 2 fully saturated rings. The van der Waals surface area contributed by atoms with Crippen LogP contribution in [0.4, 0.5) is 10.6 Å². The predicted molar refractivity (Wildman–Crippen MR) is 167 cm³/mol. The Morgan fingerprint density at radius 2 is 1.62 bits per heavy atom. The average molecular weight is 647 g/mol. The number of hydrogen-bond acceptors (Lipinski definition) is 11. The Balaban J connectivity index is 1.62. The first-order chi connectivity index (χ1) is 21.7. The zero-order chi connectivity index (χ0) is 32.4. The minimum Gasteiger partial charge on any atom is -0.450 e. The highest BCUT2D eigenvalue weighted by Gasteiger charge is 2.38. The van der Waals surface area contributed by atoms with Gasteiger partial charge in [-0.3, -0.25) is 14.2 Å². The molecule has 3 amide bonds. The molecule has 2 aliphatic rings. The van der Waals surface area contributed by atoms with Crippen molar-refractivity contribution in [1.82, 2.24) is 25.1 Å². The zero-order valence-corrected chi connectivity index (χ0v) is 27.2. The minimum absolute atomic E-state index is 0.0370. The standard InChI is InChI=1S/C30H43N6O8P/c1-5-42-30(39)35-17-15-34(16-18-35)29(38)25(21-45(40,43-6-2)44-7-3)32-28(37)24-19-26(36-14-13-23(20-36)41-4)33-27(31-24)22-11-9-8-10-12-22/h8-12,19,23,25H,5-7,13-18,20-21H2,1-4H3,(H,32,37)/t23-,25+/m0/s1. The van der Waals surface area contributed by atoms with Crippen molar-refractivity contribution in [2.24, 2.45) is 0 Å². The van der Waals surface area contributed by atoms with Crippen LogP contribution in [0.1, 0.15) is 37.7 Å². The lowest BCUT2D eigenvalue weighted by Gasteiger charge is -2.36. The maximum Gasteiger partial charge on any atom is 0.409 e. The summed E-state index contributed by atoms with van der Waals surface area (Å²) in [5.74, 6) is -0.194. The molecule has 0 spiro atoms. The smallest absolute Gasteiger partial charge is 0.409 e. The van der Waals surface area contributed by atoms with E-state index in [1.807, 2.05) is 35.2 Å². The first-order valence-electron chi connectivity index (χ1n) is 15.3. The summed E-state index contributed by atoms with van der Waals surface area (Å²) in [6, 6.07) is 9.64. The lowest BCUT2D eigenvalue weighted by molar-refractivity contribution is -0.134. The van der Waals surface area contributed by atoms with E-state index >= 15 is 0 Å². The maximum atomic E-state index is 13.9. The molecule has 0 unspecified atom stereocenters. The van der Waals surface area contributed by atoms with Gasteiger partial charge in [-0.2, -0.15) is 0 Å². The Labute approximate surface area is 263 Å². The fourth-order valence-corrected chi connectivity index (χ4v) is 7.05. The molecule has 4 rings (SSSR count). The number of methoxy groups -OCH3 is 1. The highest BCUT2D eigenvalue weighted by Crippen LogP contribution is 2.48. The second-order valence-corrected chi connectivity index (χ2v) is 12.7. The van der Waals surface area contributed by atoms with Crippen molar-refractivity contribution >= 4 is 31.3 Å². The van der Waals surface area contributed by atoms with Crippen molar-refractivity contribution in [1.29, 1.82) is 0 Å². The van der Waals surface area contributed by atoms with Gasteiger partial charge in [0.2, 0.25) is 5.91 Å². The monoisotopic (exact) mass is 646 g/mol. The van der Waals surface area contributed by atoms with Crippen LogP contribution < -0.4 is 10.2 Å². The van der Waals surface area contributed by atoms with Gasteiger partial charge >= 0.3 is 13.7 Å². The lowest BCUT2D eigenvalue weighted by Crippen LogP contribution is -2.57. The van der Waals surface area contributed by atoms with E-state index in [0.29, 0.717) is 24.7 Å². The molecular formula is C30H43N6O8P. The number of nitrogens with zero attached hydrogens (tertiary/aromatic N) is 5. The van der Waals surface area contributed by atoms with Crippen molar-refractivity contribution in [2.75, 3.05) is 77.3 Å². The van der Waals surface area contributed by atoms with Crippen molar-refractivity contribution in [3.8, 4) is 11.4 Å². The van der Waals surface area contributed by atoms with Crippen LogP contribution in [0.25, 0.3) is 11.4 Å². The highest BCUT2D eigenvalue weighted by molar-refractivity contribution is 7.54. The van der Waals surface area contributed by atoms with Gasteiger partial charge < -0.3 is 38.5 Å². The molecule has 246 valence electrons. The summed E-state index contributed by atoms with van der Waals surface area (Å²) in [6.45, 7) is 7.75. The van der Waals surface area contributed by atoms with E-state index in [2.05, 4.69) is 10.3 Å². The Bertz CT molecular complexity index is 1350. The topological polar surface area (TPSA) is 153 Å². The molecule has 0 saturated carbocycles. The second-order valence-electron chi connectivity index (χ2n) is 10.6. The number of piperazine rings is 1. The van der Waals surface area contributed by atoms with Gasteiger partial charge in [-0.15, -0.1) is 0 Å². The summed E-state index contributed by atoms with van der Waals surface area (Å²) in [4.78, 5) is 54.3. The summed E-state index contributed by atoms with van der Waals surface area (Å²) >= 11 is 0. The van der Waals surface area contributed by atoms with Crippen LogP contribution in [0.2, 0.25) is 0 Å². The van der Waals surface area contributed by atoms with Gasteiger partial charge in [-0.1, -0.05) is 30.3 Å². The van der Waals surface area contributed by atoms with E-state index in [1.165, 1.54) is 9.80 Å². The van der Waals surface area contributed by atoms with Gasteiger partial charge in [0, 0.05) is 58.0 Å². The number of carbonyl (C=O) groups excluding carboxylic acids is 3. The Morgan fingerprint density at radius 1 is 0.956 bits per heavy atom. The van der Waals surface area contributed by atoms with Gasteiger partial charge in [0.25, 0.3) is 5.91 Å². The van der Waals surface area contributed by atoms with Crippen LogP contribution in [-0.2, 0) is 27.9 Å². The number of rotatable bonds is 13. The third-order valence-electron chi connectivity index (χ3n) is 7.56. The summed E-state index contributed by atoms with van der Waals surface area (Å²) in [7, 11) is -2.10. The second kappa shape index (κ2) is 16.1. The van der Waals surface area contributed by atoms with Crippen molar-refractivity contribution < 1.29 is 37.5 Å². The third-order valence-corrected chi connectivity index (χ3v) is 9.67. The number of benzene rings is 1. The Kier molecular flexibility index (Phi) is 12.3. The fraction of sp³-hybridized carbons (Fsp3) is 0.567. The van der Waals surface area contributed by atoms with Crippen molar-refractivity contribution in [3.05, 3.63) is 42.1 Å². The van der Waals surface area contributed by atoms with E-state index in [1.54, 1.807) is 33.9 Å². The summed E-state index contributed by atoms with van der Waals surface area (Å²) in [5, 5.41) is 2.77. The molecule has 1 aromatic heterocycles. The SMILES string of the molecule is CCOC(=O)N1CCN(C(=O)[C@@H](CP(=O)(OCC)OCC)NC(=O)c2cc(N3CC[C@H](OC)C3)nc(-c3ccccc3)n2)CC1. The van der Waals surface area contributed by atoms with Crippen LogP contribution in [-0.4, -0.2) is 122 Å². The van der Waals surface area contributed by atoms with Crippen LogP contribution in [0.3, 0.4) is 0 Å². The van der Waals surface area contributed by atoms with E-state index in [4.69, 9.17) is 23.5 Å². The van der Waals surface area contributed by atoms with Crippen LogP contribution in [0.15, 0.2) is 36.4 Å². The molecule has 0 bridgehead atoms. The molecule has 2 saturated heterocycles. The highest BCUT2D eigenvalue weighted by atomic mass is 31.2. The number of hydrogen-bond donors (Lipinski definition) is 1. The molecule has 45 heavy (non-hydrogen) atoms. The van der Waals surface area contributed by atoms with Gasteiger partial charge in [0.1, 0.15) is 17.6 Å². The van der Waals surface area contributed by atoms with E-state index in [-0.39, 0.29) is 64.0 Å². The van der Waals surface area contributed by atoms with Crippen molar-refractivity contribution in [2.45, 2.75) is 39.3 Å². The van der Waals surface area contributed by atoms with E-state index in [9.17, 15) is 18.9 Å². The Hall–Kier alpha value is -3.58. The normalized spacial score (nSPS) is 17.7.